The molecule has 0 amide bonds. The van der Waals surface area contributed by atoms with Crippen molar-refractivity contribution in [3.05, 3.63) is 22.7 Å². The molecule has 1 aliphatic rings. The Morgan fingerprint density at radius 3 is 3.12 bits per heavy atom. The summed E-state index contributed by atoms with van der Waals surface area (Å²) in [7, 11) is 1.72. The van der Waals surface area contributed by atoms with Crippen LogP contribution in [0.5, 0.6) is 0 Å². The van der Waals surface area contributed by atoms with Gasteiger partial charge in [0, 0.05) is 19.9 Å². The molecule has 0 saturated carbocycles. The molecule has 2 heterocycles. The summed E-state index contributed by atoms with van der Waals surface area (Å²) in [6.45, 7) is 0.114. The SMILES string of the molecule is CNc1ccn([C@H]2CCC(CCO)O2)c(=O)n1. The van der Waals surface area contributed by atoms with Gasteiger partial charge in [0.25, 0.3) is 0 Å². The van der Waals surface area contributed by atoms with E-state index in [0.29, 0.717) is 12.2 Å². The molecule has 1 saturated heterocycles. The summed E-state index contributed by atoms with van der Waals surface area (Å²) in [5, 5.41) is 11.7. The zero-order valence-electron chi connectivity index (χ0n) is 9.80. The van der Waals surface area contributed by atoms with Crippen LogP contribution in [0, 0.1) is 0 Å². The lowest BCUT2D eigenvalue weighted by Crippen LogP contribution is -2.27. The van der Waals surface area contributed by atoms with Crippen LogP contribution in [0.2, 0.25) is 0 Å². The summed E-state index contributed by atoms with van der Waals surface area (Å²) in [5.41, 5.74) is -0.313. The van der Waals surface area contributed by atoms with Gasteiger partial charge in [0.1, 0.15) is 12.0 Å². The Morgan fingerprint density at radius 1 is 1.65 bits per heavy atom. The minimum Gasteiger partial charge on any atom is -0.396 e. The monoisotopic (exact) mass is 239 g/mol. The first-order chi connectivity index (χ1) is 8.24. The van der Waals surface area contributed by atoms with Gasteiger partial charge in [-0.05, 0) is 25.3 Å². The third kappa shape index (κ3) is 2.65. The maximum absolute atomic E-state index is 11.7. The summed E-state index contributed by atoms with van der Waals surface area (Å²) < 4.78 is 7.18. The normalized spacial score (nSPS) is 23.9. The van der Waals surface area contributed by atoms with E-state index in [4.69, 9.17) is 9.84 Å². The number of nitrogens with zero attached hydrogens (tertiary/aromatic N) is 2. The van der Waals surface area contributed by atoms with E-state index in [9.17, 15) is 4.79 Å². The van der Waals surface area contributed by atoms with E-state index in [2.05, 4.69) is 10.3 Å². The second-order valence-electron chi connectivity index (χ2n) is 4.05. The third-order valence-corrected chi connectivity index (χ3v) is 2.93. The number of anilines is 1. The molecule has 1 aliphatic heterocycles. The fourth-order valence-electron chi connectivity index (χ4n) is 2.02. The highest BCUT2D eigenvalue weighted by molar-refractivity contribution is 5.30. The fraction of sp³-hybridized carbons (Fsp3) is 0.636. The first-order valence-corrected chi connectivity index (χ1v) is 5.78. The lowest BCUT2D eigenvalue weighted by molar-refractivity contribution is -0.0101. The Balaban J connectivity index is 2.11. The van der Waals surface area contributed by atoms with Gasteiger partial charge < -0.3 is 15.2 Å². The molecule has 2 atom stereocenters. The van der Waals surface area contributed by atoms with Crippen molar-refractivity contribution in [3.8, 4) is 0 Å². The minimum atomic E-state index is -0.313. The highest BCUT2D eigenvalue weighted by Crippen LogP contribution is 2.28. The molecule has 0 spiro atoms. The summed E-state index contributed by atoms with van der Waals surface area (Å²) in [6, 6.07) is 1.74. The lowest BCUT2D eigenvalue weighted by Gasteiger charge is -2.15. The van der Waals surface area contributed by atoms with Crippen molar-refractivity contribution in [2.75, 3.05) is 19.0 Å². The van der Waals surface area contributed by atoms with Crippen molar-refractivity contribution in [2.24, 2.45) is 0 Å². The minimum absolute atomic E-state index is 0.0425. The number of aromatic nitrogens is 2. The van der Waals surface area contributed by atoms with Gasteiger partial charge >= 0.3 is 5.69 Å². The van der Waals surface area contributed by atoms with Crippen LogP contribution >= 0.6 is 0 Å². The number of aliphatic hydroxyl groups excluding tert-OH is 1. The van der Waals surface area contributed by atoms with Crippen LogP contribution in [0.25, 0.3) is 0 Å². The van der Waals surface area contributed by atoms with Gasteiger partial charge in [0.2, 0.25) is 0 Å². The largest absolute Gasteiger partial charge is 0.396 e. The van der Waals surface area contributed by atoms with Crippen LogP contribution in [0.1, 0.15) is 25.5 Å². The molecule has 94 valence electrons. The van der Waals surface area contributed by atoms with Crippen molar-refractivity contribution in [1.29, 1.82) is 0 Å². The summed E-state index contributed by atoms with van der Waals surface area (Å²) in [5.74, 6) is 0.552. The quantitative estimate of drug-likeness (QED) is 0.792. The molecular formula is C11H17N3O3. The number of hydrogen-bond donors (Lipinski definition) is 2. The topological polar surface area (TPSA) is 76.4 Å². The number of hydrogen-bond acceptors (Lipinski definition) is 5. The van der Waals surface area contributed by atoms with E-state index < -0.39 is 0 Å². The molecule has 17 heavy (non-hydrogen) atoms. The molecule has 1 aromatic rings. The van der Waals surface area contributed by atoms with Gasteiger partial charge in [0.05, 0.1) is 6.10 Å². The van der Waals surface area contributed by atoms with Gasteiger partial charge in [-0.1, -0.05) is 0 Å². The molecule has 0 radical (unpaired) electrons. The summed E-state index contributed by atoms with van der Waals surface area (Å²) in [4.78, 5) is 15.6. The molecule has 1 aromatic heterocycles. The highest BCUT2D eigenvalue weighted by Gasteiger charge is 2.26. The Labute approximate surface area is 99.2 Å². The molecule has 2 rings (SSSR count). The van der Waals surface area contributed by atoms with Gasteiger partial charge in [-0.25, -0.2) is 4.79 Å². The Morgan fingerprint density at radius 2 is 2.47 bits per heavy atom. The maximum atomic E-state index is 11.7. The molecule has 6 heteroatoms. The second-order valence-corrected chi connectivity index (χ2v) is 4.05. The maximum Gasteiger partial charge on any atom is 0.351 e. The third-order valence-electron chi connectivity index (χ3n) is 2.93. The van der Waals surface area contributed by atoms with Crippen LogP contribution in [-0.2, 0) is 4.74 Å². The van der Waals surface area contributed by atoms with Gasteiger partial charge in [0.15, 0.2) is 0 Å². The Hall–Kier alpha value is -1.40. The average Bonchev–Trinajstić information content (AvgIpc) is 2.78. The number of aliphatic hydroxyl groups is 1. The van der Waals surface area contributed by atoms with Crippen LogP contribution in [0.15, 0.2) is 17.1 Å². The molecule has 2 N–H and O–H groups in total. The number of ether oxygens (including phenoxy) is 1. The lowest BCUT2D eigenvalue weighted by atomic mass is 10.2. The first kappa shape index (κ1) is 12.1. The van der Waals surface area contributed by atoms with Gasteiger partial charge in [-0.3, -0.25) is 4.57 Å². The molecule has 0 aromatic carbocycles. The van der Waals surface area contributed by atoms with Crippen molar-refractivity contribution in [3.63, 3.8) is 0 Å². The molecule has 0 bridgehead atoms. The molecule has 6 nitrogen and oxygen atoms in total. The van der Waals surface area contributed by atoms with Crippen molar-refractivity contribution in [2.45, 2.75) is 31.6 Å². The molecule has 1 fully saturated rings. The predicted octanol–water partition coefficient (Wildman–Crippen LogP) is 0.345. The van der Waals surface area contributed by atoms with Crippen LogP contribution < -0.4 is 11.0 Å². The van der Waals surface area contributed by atoms with E-state index in [0.717, 1.165) is 12.8 Å². The van der Waals surface area contributed by atoms with Crippen LogP contribution in [-0.4, -0.2) is 34.4 Å². The zero-order valence-corrected chi connectivity index (χ0v) is 9.80. The van der Waals surface area contributed by atoms with E-state index in [-0.39, 0.29) is 24.6 Å². The number of rotatable bonds is 4. The Kier molecular flexibility index (Phi) is 3.75. The van der Waals surface area contributed by atoms with Crippen molar-refractivity contribution >= 4 is 5.82 Å². The van der Waals surface area contributed by atoms with E-state index in [1.807, 2.05) is 0 Å². The predicted molar refractivity (Wildman–Crippen MR) is 62.9 cm³/mol. The van der Waals surface area contributed by atoms with Gasteiger partial charge in [-0.15, -0.1) is 0 Å². The van der Waals surface area contributed by atoms with Gasteiger partial charge in [-0.2, -0.15) is 4.98 Å². The molecule has 1 unspecified atom stereocenters. The summed E-state index contributed by atoms with van der Waals surface area (Å²) >= 11 is 0. The smallest absolute Gasteiger partial charge is 0.351 e. The Bertz CT molecular complexity index is 432. The fourth-order valence-corrected chi connectivity index (χ4v) is 2.02. The van der Waals surface area contributed by atoms with E-state index in [1.165, 1.54) is 4.57 Å². The van der Waals surface area contributed by atoms with E-state index >= 15 is 0 Å². The average molecular weight is 239 g/mol. The second kappa shape index (κ2) is 5.29. The van der Waals surface area contributed by atoms with E-state index in [1.54, 1.807) is 19.3 Å². The standard InChI is InChI=1S/C11H17N3O3/c1-12-9-4-6-14(11(16)13-9)10-3-2-8(17-10)5-7-15/h4,6,8,10,15H,2-3,5,7H2,1H3,(H,12,13,16)/t8?,10-/m1/s1. The van der Waals surface area contributed by atoms with Crippen molar-refractivity contribution < 1.29 is 9.84 Å². The zero-order chi connectivity index (χ0) is 12.3. The van der Waals surface area contributed by atoms with Crippen molar-refractivity contribution in [1.82, 2.24) is 9.55 Å². The molecular weight excluding hydrogens is 222 g/mol. The number of nitrogens with one attached hydrogen (secondary N) is 1. The first-order valence-electron chi connectivity index (χ1n) is 5.78. The molecule has 0 aliphatic carbocycles. The van der Waals surface area contributed by atoms with Crippen LogP contribution in [0.3, 0.4) is 0 Å². The highest BCUT2D eigenvalue weighted by atomic mass is 16.5. The summed E-state index contributed by atoms with van der Waals surface area (Å²) in [6.07, 6.45) is 3.75. The van der Waals surface area contributed by atoms with Crippen LogP contribution in [0.4, 0.5) is 5.82 Å².